The van der Waals surface area contributed by atoms with E-state index < -0.39 is 5.91 Å². The van der Waals surface area contributed by atoms with E-state index in [2.05, 4.69) is 15.2 Å². The van der Waals surface area contributed by atoms with Gasteiger partial charge in [0.2, 0.25) is 5.89 Å². The highest BCUT2D eigenvalue weighted by Crippen LogP contribution is 2.49. The summed E-state index contributed by atoms with van der Waals surface area (Å²) in [4.78, 5) is 15.5. The molecule has 2 atom stereocenters. The number of benzene rings is 1. The van der Waals surface area contributed by atoms with Gasteiger partial charge >= 0.3 is 0 Å². The van der Waals surface area contributed by atoms with Gasteiger partial charge in [0.1, 0.15) is 5.82 Å². The van der Waals surface area contributed by atoms with Crippen LogP contribution in [0.2, 0.25) is 5.02 Å². The van der Waals surface area contributed by atoms with E-state index in [0.29, 0.717) is 40.8 Å². The van der Waals surface area contributed by atoms with Crippen LogP contribution in [0.4, 0.5) is 4.39 Å². The summed E-state index contributed by atoms with van der Waals surface area (Å²) in [6.45, 7) is 0.492. The Morgan fingerprint density at radius 1 is 1.37 bits per heavy atom. The molecule has 2 N–H and O–H groups in total. The molecule has 0 saturated heterocycles. The highest BCUT2D eigenvalue weighted by atomic mass is 35.5. The molecule has 0 radical (unpaired) electrons. The van der Waals surface area contributed by atoms with Gasteiger partial charge in [-0.05, 0) is 36.5 Å². The van der Waals surface area contributed by atoms with Crippen molar-refractivity contribution in [2.24, 2.45) is 5.73 Å². The highest BCUT2D eigenvalue weighted by molar-refractivity contribution is 6.30. The number of hydrogen-bond acceptors (Lipinski definition) is 5. The molecule has 1 aliphatic carbocycles. The van der Waals surface area contributed by atoms with Gasteiger partial charge in [0.05, 0.1) is 11.8 Å². The van der Waals surface area contributed by atoms with Crippen LogP contribution in [-0.2, 0) is 13.0 Å². The smallest absolute Gasteiger partial charge is 0.251 e. The van der Waals surface area contributed by atoms with E-state index in [4.69, 9.17) is 21.9 Å². The molecule has 2 aromatic heterocycles. The van der Waals surface area contributed by atoms with Crippen molar-refractivity contribution < 1.29 is 13.7 Å². The van der Waals surface area contributed by atoms with Gasteiger partial charge in [-0.15, -0.1) is 0 Å². The first-order chi connectivity index (χ1) is 13.0. The fourth-order valence-electron chi connectivity index (χ4n) is 3.32. The Bertz CT molecular complexity index is 986. The number of primary amides is 1. The molecule has 140 valence electrons. The Kier molecular flexibility index (Phi) is 4.65. The lowest BCUT2D eigenvalue weighted by Gasteiger charge is -2.34. The minimum atomic E-state index is -0.520. The van der Waals surface area contributed by atoms with Gasteiger partial charge < -0.3 is 10.3 Å². The molecule has 1 fully saturated rings. The van der Waals surface area contributed by atoms with Crippen LogP contribution < -0.4 is 5.73 Å². The van der Waals surface area contributed by atoms with E-state index in [1.54, 1.807) is 23.0 Å². The molecule has 9 heteroatoms. The lowest BCUT2D eigenvalue weighted by atomic mass is 9.70. The van der Waals surface area contributed by atoms with Gasteiger partial charge in [-0.2, -0.15) is 10.1 Å². The second-order valence-electron chi connectivity index (χ2n) is 6.61. The molecule has 0 spiro atoms. The van der Waals surface area contributed by atoms with Crippen molar-refractivity contribution in [3.8, 4) is 0 Å². The van der Waals surface area contributed by atoms with E-state index in [0.717, 1.165) is 12.8 Å². The molecule has 7 nitrogen and oxygen atoms in total. The Balaban J connectivity index is 1.42. The van der Waals surface area contributed by atoms with E-state index >= 15 is 0 Å². The lowest BCUT2D eigenvalue weighted by molar-refractivity contribution is 0.1000. The van der Waals surface area contributed by atoms with E-state index in [-0.39, 0.29) is 17.7 Å². The number of rotatable bonds is 6. The van der Waals surface area contributed by atoms with Crippen LogP contribution in [0.5, 0.6) is 0 Å². The van der Waals surface area contributed by atoms with Crippen molar-refractivity contribution >= 4 is 17.5 Å². The molecule has 1 aromatic carbocycles. The molecule has 1 saturated carbocycles. The summed E-state index contributed by atoms with van der Waals surface area (Å²) in [6, 6.07) is 4.74. The monoisotopic (exact) mass is 389 g/mol. The third-order valence-corrected chi connectivity index (χ3v) is 5.15. The average molecular weight is 390 g/mol. The Morgan fingerprint density at radius 3 is 2.85 bits per heavy atom. The molecule has 0 bridgehead atoms. The van der Waals surface area contributed by atoms with Crippen molar-refractivity contribution in [2.75, 3.05) is 0 Å². The average Bonchev–Trinajstić information content (AvgIpc) is 3.24. The molecule has 0 aliphatic heterocycles. The first-order valence-corrected chi connectivity index (χ1v) is 8.98. The van der Waals surface area contributed by atoms with Gasteiger partial charge in [0.25, 0.3) is 5.91 Å². The minimum absolute atomic E-state index is 0.00749. The summed E-state index contributed by atoms with van der Waals surface area (Å²) >= 11 is 5.83. The van der Waals surface area contributed by atoms with Crippen LogP contribution >= 0.6 is 11.6 Å². The van der Waals surface area contributed by atoms with Crippen LogP contribution in [0, 0.1) is 5.82 Å². The van der Waals surface area contributed by atoms with Crippen molar-refractivity contribution in [1.82, 2.24) is 19.9 Å². The van der Waals surface area contributed by atoms with E-state index in [1.807, 2.05) is 0 Å². The number of nitrogens with zero attached hydrogens (tertiary/aromatic N) is 4. The SMILES string of the molecule is NC(=O)c1cnn(CCc2noc(C3CCC3c3ccc(Cl)cc3F)n2)c1. The van der Waals surface area contributed by atoms with Crippen LogP contribution in [-0.4, -0.2) is 25.8 Å². The predicted octanol–water partition coefficient (Wildman–Crippen LogP) is 3.06. The zero-order valence-corrected chi connectivity index (χ0v) is 15.1. The Labute approximate surface area is 159 Å². The summed E-state index contributed by atoms with van der Waals surface area (Å²) in [5, 5.41) is 8.45. The molecular weight excluding hydrogens is 373 g/mol. The van der Waals surface area contributed by atoms with Gasteiger partial charge in [-0.1, -0.05) is 22.8 Å². The maximum atomic E-state index is 14.2. The second kappa shape index (κ2) is 7.11. The van der Waals surface area contributed by atoms with Crippen LogP contribution in [0.15, 0.2) is 35.1 Å². The fraction of sp³-hybridized carbons (Fsp3) is 0.333. The quantitative estimate of drug-likeness (QED) is 0.698. The standard InChI is InChI=1S/C18H17ClFN5O2/c19-11-1-2-13(15(20)7-11)12-3-4-14(12)18-23-16(24-27-18)5-6-25-9-10(8-22-25)17(21)26/h1-2,7-9,12,14H,3-6H2,(H2,21,26). The maximum Gasteiger partial charge on any atom is 0.251 e. The van der Waals surface area contributed by atoms with Gasteiger partial charge in [0, 0.05) is 30.1 Å². The molecule has 2 unspecified atom stereocenters. The molecule has 1 aliphatic rings. The van der Waals surface area contributed by atoms with Crippen molar-refractivity contribution in [3.63, 3.8) is 0 Å². The first-order valence-electron chi connectivity index (χ1n) is 8.61. The highest BCUT2D eigenvalue weighted by Gasteiger charge is 2.38. The summed E-state index contributed by atoms with van der Waals surface area (Å²) in [5.74, 6) is 0.263. The second-order valence-corrected chi connectivity index (χ2v) is 7.05. The maximum absolute atomic E-state index is 14.2. The number of hydrogen-bond donors (Lipinski definition) is 1. The molecular formula is C18H17ClFN5O2. The van der Waals surface area contributed by atoms with Gasteiger partial charge in [-0.3, -0.25) is 9.48 Å². The molecule has 27 heavy (non-hydrogen) atoms. The largest absolute Gasteiger partial charge is 0.366 e. The van der Waals surface area contributed by atoms with Gasteiger partial charge in [0.15, 0.2) is 5.82 Å². The Hall–Kier alpha value is -2.74. The predicted molar refractivity (Wildman–Crippen MR) is 94.9 cm³/mol. The normalized spacial score (nSPS) is 19.0. The van der Waals surface area contributed by atoms with Crippen LogP contribution in [0.1, 0.15) is 52.3 Å². The van der Waals surface area contributed by atoms with E-state index in [1.165, 1.54) is 12.3 Å². The molecule has 1 amide bonds. The number of halogens is 2. The number of aromatic nitrogens is 4. The zero-order valence-electron chi connectivity index (χ0n) is 14.3. The van der Waals surface area contributed by atoms with Gasteiger partial charge in [-0.25, -0.2) is 4.39 Å². The number of amides is 1. The number of carbonyl (C=O) groups is 1. The fourth-order valence-corrected chi connectivity index (χ4v) is 3.48. The number of carbonyl (C=O) groups excluding carboxylic acids is 1. The summed E-state index contributed by atoms with van der Waals surface area (Å²) < 4.78 is 21.2. The first kappa shape index (κ1) is 17.7. The van der Waals surface area contributed by atoms with Crippen LogP contribution in [0.3, 0.4) is 0 Å². The summed E-state index contributed by atoms with van der Waals surface area (Å²) in [5.41, 5.74) is 6.19. The molecule has 4 rings (SSSR count). The molecule has 2 heterocycles. The lowest BCUT2D eigenvalue weighted by Crippen LogP contribution is -2.23. The third-order valence-electron chi connectivity index (χ3n) is 4.92. The third kappa shape index (κ3) is 3.57. The Morgan fingerprint density at radius 2 is 2.19 bits per heavy atom. The molecule has 3 aromatic rings. The number of aryl methyl sites for hydroxylation is 2. The van der Waals surface area contributed by atoms with Crippen molar-refractivity contribution in [1.29, 1.82) is 0 Å². The zero-order chi connectivity index (χ0) is 19.0. The van der Waals surface area contributed by atoms with Crippen LogP contribution in [0.25, 0.3) is 0 Å². The minimum Gasteiger partial charge on any atom is -0.366 e. The van der Waals surface area contributed by atoms with Crippen molar-refractivity contribution in [3.05, 3.63) is 64.3 Å². The summed E-state index contributed by atoms with van der Waals surface area (Å²) in [6.07, 6.45) is 5.23. The topological polar surface area (TPSA) is 99.8 Å². The summed E-state index contributed by atoms with van der Waals surface area (Å²) in [7, 11) is 0. The number of nitrogens with two attached hydrogens (primary N) is 1. The van der Waals surface area contributed by atoms with Crippen molar-refractivity contribution in [2.45, 2.75) is 37.6 Å². The van der Waals surface area contributed by atoms with E-state index in [9.17, 15) is 9.18 Å².